The van der Waals surface area contributed by atoms with Crippen molar-refractivity contribution >= 4 is 23.7 Å². The summed E-state index contributed by atoms with van der Waals surface area (Å²) >= 11 is 0. The number of carboxylic acid groups (broad SMARTS) is 1. The van der Waals surface area contributed by atoms with Crippen molar-refractivity contribution in [3.05, 3.63) is 89.0 Å². The second kappa shape index (κ2) is 10.4. The van der Waals surface area contributed by atoms with E-state index in [9.17, 15) is 19.5 Å². The molecule has 4 rings (SSSR count). The Kier molecular flexibility index (Phi) is 7.15. The molecule has 180 valence electrons. The quantitative estimate of drug-likeness (QED) is 0.434. The molecule has 1 aliphatic rings. The van der Waals surface area contributed by atoms with Crippen LogP contribution in [0.3, 0.4) is 0 Å². The standard InChI is InChI=1S/C28H28N2O5/c1-3-18-10-8-9-17(2)26(18)30-27(33)24(15-25(31)32)29-28(34)35-16-23-21-13-6-4-11-19(21)20-12-5-7-14-22(20)23/h4-14,23-24H,3,15-16H2,1-2H3,(H,29,34)(H,30,33)(H,31,32). The highest BCUT2D eigenvalue weighted by Crippen LogP contribution is 2.44. The van der Waals surface area contributed by atoms with E-state index < -0.39 is 30.4 Å². The van der Waals surface area contributed by atoms with Gasteiger partial charge in [-0.05, 0) is 46.7 Å². The Morgan fingerprint density at radius 2 is 1.57 bits per heavy atom. The fourth-order valence-electron chi connectivity index (χ4n) is 4.58. The van der Waals surface area contributed by atoms with Gasteiger partial charge in [0.25, 0.3) is 0 Å². The van der Waals surface area contributed by atoms with Crippen LogP contribution in [-0.4, -0.2) is 35.7 Å². The Hall–Kier alpha value is -4.13. The van der Waals surface area contributed by atoms with Crippen LogP contribution in [-0.2, 0) is 20.7 Å². The highest BCUT2D eigenvalue weighted by atomic mass is 16.5. The van der Waals surface area contributed by atoms with Gasteiger partial charge in [0.2, 0.25) is 5.91 Å². The Labute approximate surface area is 204 Å². The van der Waals surface area contributed by atoms with E-state index in [1.165, 1.54) is 0 Å². The summed E-state index contributed by atoms with van der Waals surface area (Å²) in [6.07, 6.45) is -0.710. The molecule has 1 unspecified atom stereocenters. The van der Waals surface area contributed by atoms with Crippen LogP contribution in [0, 0.1) is 6.92 Å². The summed E-state index contributed by atoms with van der Waals surface area (Å²) in [5.74, 6) is -1.95. The topological polar surface area (TPSA) is 105 Å². The zero-order chi connectivity index (χ0) is 24.9. The Morgan fingerprint density at radius 1 is 0.943 bits per heavy atom. The molecule has 0 spiro atoms. The largest absolute Gasteiger partial charge is 0.481 e. The van der Waals surface area contributed by atoms with Crippen LogP contribution < -0.4 is 10.6 Å². The number of hydrogen-bond acceptors (Lipinski definition) is 4. The van der Waals surface area contributed by atoms with Crippen molar-refractivity contribution in [3.8, 4) is 11.1 Å². The minimum atomic E-state index is -1.28. The second-order valence-electron chi connectivity index (χ2n) is 8.57. The number of alkyl carbamates (subject to hydrolysis) is 1. The molecule has 0 saturated heterocycles. The summed E-state index contributed by atoms with van der Waals surface area (Å²) in [6, 6.07) is 20.3. The van der Waals surface area contributed by atoms with Crippen molar-refractivity contribution in [1.82, 2.24) is 5.32 Å². The summed E-state index contributed by atoms with van der Waals surface area (Å²) < 4.78 is 5.50. The smallest absolute Gasteiger partial charge is 0.407 e. The minimum Gasteiger partial charge on any atom is -0.481 e. The molecule has 0 aliphatic heterocycles. The first kappa shape index (κ1) is 24.0. The number of rotatable bonds is 8. The van der Waals surface area contributed by atoms with E-state index in [2.05, 4.69) is 10.6 Å². The Bertz CT molecular complexity index is 1220. The van der Waals surface area contributed by atoms with Gasteiger partial charge in [0.1, 0.15) is 12.6 Å². The number of ether oxygens (including phenoxy) is 1. The number of para-hydroxylation sites is 1. The van der Waals surface area contributed by atoms with Crippen molar-refractivity contribution in [1.29, 1.82) is 0 Å². The molecular weight excluding hydrogens is 444 g/mol. The van der Waals surface area contributed by atoms with E-state index in [0.29, 0.717) is 12.1 Å². The minimum absolute atomic E-state index is 0.0685. The third kappa shape index (κ3) is 5.19. The molecule has 2 amide bonds. The van der Waals surface area contributed by atoms with Crippen LogP contribution in [0.5, 0.6) is 0 Å². The van der Waals surface area contributed by atoms with Crippen molar-refractivity contribution in [2.45, 2.75) is 38.6 Å². The summed E-state index contributed by atoms with van der Waals surface area (Å²) in [4.78, 5) is 37.0. The zero-order valence-corrected chi connectivity index (χ0v) is 19.7. The van der Waals surface area contributed by atoms with Gasteiger partial charge >= 0.3 is 12.1 Å². The monoisotopic (exact) mass is 472 g/mol. The van der Waals surface area contributed by atoms with Gasteiger partial charge in [-0.15, -0.1) is 0 Å². The number of amides is 2. The van der Waals surface area contributed by atoms with Crippen LogP contribution in [0.4, 0.5) is 10.5 Å². The first-order chi connectivity index (χ1) is 16.9. The molecular formula is C28H28N2O5. The van der Waals surface area contributed by atoms with E-state index in [0.717, 1.165) is 33.4 Å². The van der Waals surface area contributed by atoms with Gasteiger partial charge in [-0.3, -0.25) is 9.59 Å². The molecule has 7 heteroatoms. The molecule has 1 aliphatic carbocycles. The number of fused-ring (bicyclic) bond motifs is 3. The van der Waals surface area contributed by atoms with Crippen molar-refractivity contribution in [2.75, 3.05) is 11.9 Å². The number of nitrogens with one attached hydrogen (secondary N) is 2. The summed E-state index contributed by atoms with van der Waals surface area (Å²) in [5.41, 5.74) is 6.74. The zero-order valence-electron chi connectivity index (χ0n) is 19.7. The fraction of sp³-hybridized carbons (Fsp3) is 0.250. The normalized spacial score (nSPS) is 12.9. The number of carboxylic acids is 1. The maximum Gasteiger partial charge on any atom is 0.407 e. The van der Waals surface area contributed by atoms with Crippen LogP contribution in [0.15, 0.2) is 66.7 Å². The first-order valence-electron chi connectivity index (χ1n) is 11.6. The molecule has 1 atom stereocenters. The summed E-state index contributed by atoms with van der Waals surface area (Å²) in [6.45, 7) is 3.90. The van der Waals surface area contributed by atoms with Crippen LogP contribution >= 0.6 is 0 Å². The fourth-order valence-corrected chi connectivity index (χ4v) is 4.58. The molecule has 3 aromatic rings. The average Bonchev–Trinajstić information content (AvgIpc) is 3.17. The van der Waals surface area contributed by atoms with E-state index in [4.69, 9.17) is 4.74 Å². The lowest BCUT2D eigenvalue weighted by Crippen LogP contribution is -2.45. The molecule has 3 N–H and O–H groups in total. The van der Waals surface area contributed by atoms with Crippen LogP contribution in [0.1, 0.15) is 41.5 Å². The van der Waals surface area contributed by atoms with Gasteiger partial charge < -0.3 is 20.5 Å². The molecule has 0 aromatic heterocycles. The van der Waals surface area contributed by atoms with Crippen molar-refractivity contribution < 1.29 is 24.2 Å². The van der Waals surface area contributed by atoms with Crippen molar-refractivity contribution in [3.63, 3.8) is 0 Å². The predicted octanol–water partition coefficient (Wildman–Crippen LogP) is 4.88. The molecule has 35 heavy (non-hydrogen) atoms. The number of carbonyl (C=O) groups excluding carboxylic acids is 2. The average molecular weight is 473 g/mol. The third-order valence-corrected chi connectivity index (χ3v) is 6.32. The maximum absolute atomic E-state index is 12.9. The Morgan fingerprint density at radius 3 is 2.17 bits per heavy atom. The highest BCUT2D eigenvalue weighted by molar-refractivity contribution is 5.99. The van der Waals surface area contributed by atoms with Gasteiger partial charge in [-0.25, -0.2) is 4.79 Å². The molecule has 0 bridgehead atoms. The van der Waals surface area contributed by atoms with E-state index in [-0.39, 0.29) is 12.5 Å². The van der Waals surface area contributed by atoms with Gasteiger partial charge in [0.05, 0.1) is 6.42 Å². The summed E-state index contributed by atoms with van der Waals surface area (Å²) in [7, 11) is 0. The Balaban J connectivity index is 1.45. The van der Waals surface area contributed by atoms with E-state index >= 15 is 0 Å². The molecule has 7 nitrogen and oxygen atoms in total. The van der Waals surface area contributed by atoms with Gasteiger partial charge in [0.15, 0.2) is 0 Å². The number of anilines is 1. The molecule has 0 heterocycles. The number of carbonyl (C=O) groups is 3. The molecule has 0 fully saturated rings. The molecule has 3 aromatic carbocycles. The molecule has 0 saturated carbocycles. The number of benzene rings is 3. The number of aliphatic carboxylic acids is 1. The SMILES string of the molecule is CCc1cccc(C)c1NC(=O)C(CC(=O)O)NC(=O)OCC1c2ccccc2-c2ccccc21. The summed E-state index contributed by atoms with van der Waals surface area (Å²) in [5, 5.41) is 14.6. The van der Waals surface area contributed by atoms with Crippen molar-refractivity contribution in [2.24, 2.45) is 0 Å². The molecule has 0 radical (unpaired) electrons. The highest BCUT2D eigenvalue weighted by Gasteiger charge is 2.30. The first-order valence-corrected chi connectivity index (χ1v) is 11.6. The lowest BCUT2D eigenvalue weighted by atomic mass is 9.98. The predicted molar refractivity (Wildman–Crippen MR) is 133 cm³/mol. The number of hydrogen-bond donors (Lipinski definition) is 3. The second-order valence-corrected chi connectivity index (χ2v) is 8.57. The van der Waals surface area contributed by atoms with E-state index in [1.807, 2.05) is 80.6 Å². The van der Waals surface area contributed by atoms with Crippen LogP contribution in [0.2, 0.25) is 0 Å². The lowest BCUT2D eigenvalue weighted by molar-refractivity contribution is -0.139. The van der Waals surface area contributed by atoms with Gasteiger partial charge in [-0.2, -0.15) is 0 Å². The van der Waals surface area contributed by atoms with Gasteiger partial charge in [0, 0.05) is 11.6 Å². The van der Waals surface area contributed by atoms with Gasteiger partial charge in [-0.1, -0.05) is 73.7 Å². The van der Waals surface area contributed by atoms with E-state index in [1.54, 1.807) is 0 Å². The number of aryl methyl sites for hydroxylation is 2. The van der Waals surface area contributed by atoms with Crippen LogP contribution in [0.25, 0.3) is 11.1 Å². The maximum atomic E-state index is 12.9. The lowest BCUT2D eigenvalue weighted by Gasteiger charge is -2.20. The third-order valence-electron chi connectivity index (χ3n) is 6.32.